The van der Waals surface area contributed by atoms with Crippen molar-refractivity contribution in [3.8, 4) is 0 Å². The van der Waals surface area contributed by atoms with Crippen LogP contribution in [-0.4, -0.2) is 48.2 Å². The minimum atomic E-state index is -1.51. The van der Waals surface area contributed by atoms with Gasteiger partial charge in [-0.25, -0.2) is 9.78 Å². The van der Waals surface area contributed by atoms with Gasteiger partial charge in [-0.05, 0) is 24.3 Å². The molecule has 0 radical (unpaired) electrons. The van der Waals surface area contributed by atoms with E-state index in [1.54, 1.807) is 0 Å². The highest BCUT2D eigenvalue weighted by Gasteiger charge is 2.13. The highest BCUT2D eigenvalue weighted by molar-refractivity contribution is 5.88. The number of nitrogens with zero attached hydrogens (tertiary/aromatic N) is 2. The maximum Gasteiger partial charge on any atom is 0.328 e. The lowest BCUT2D eigenvalue weighted by molar-refractivity contribution is -0.655. The Morgan fingerprint density at radius 3 is 2.46 bits per heavy atom. The number of pyridine rings is 1. The second-order valence-electron chi connectivity index (χ2n) is 5.21. The van der Waals surface area contributed by atoms with Crippen molar-refractivity contribution >= 4 is 28.7 Å². The molecular formula is C17H19N3O4. The molecule has 7 nitrogen and oxygen atoms in total. The monoisotopic (exact) mass is 329 g/mol. The molecule has 0 saturated carbocycles. The van der Waals surface area contributed by atoms with E-state index >= 15 is 0 Å². The molecule has 0 amide bonds. The van der Waals surface area contributed by atoms with Gasteiger partial charge in [0.25, 0.3) is 0 Å². The number of aromatic nitrogens is 1. The van der Waals surface area contributed by atoms with Crippen LogP contribution in [-0.2, 0) is 9.59 Å². The Hall–Kier alpha value is -2.93. The van der Waals surface area contributed by atoms with Crippen LogP contribution in [0.3, 0.4) is 0 Å². The van der Waals surface area contributed by atoms with Crippen molar-refractivity contribution in [2.24, 2.45) is 0 Å². The van der Waals surface area contributed by atoms with Gasteiger partial charge in [-0.2, -0.15) is 0 Å². The highest BCUT2D eigenvalue weighted by atomic mass is 16.4. The van der Waals surface area contributed by atoms with E-state index in [1.165, 1.54) is 18.5 Å². The summed E-state index contributed by atoms with van der Waals surface area (Å²) in [4.78, 5) is 26.0. The molecule has 7 heteroatoms. The van der Waals surface area contributed by atoms with Gasteiger partial charge in [0.05, 0.1) is 37.7 Å². The zero-order valence-corrected chi connectivity index (χ0v) is 13.1. The fourth-order valence-corrected chi connectivity index (χ4v) is 2.35. The number of carboxylic acids is 2. The van der Waals surface area contributed by atoms with Crippen molar-refractivity contribution in [3.63, 3.8) is 0 Å². The third-order valence-electron chi connectivity index (χ3n) is 3.48. The summed E-state index contributed by atoms with van der Waals surface area (Å²) in [7, 11) is 0. The Kier molecular flexibility index (Phi) is 6.27. The van der Waals surface area contributed by atoms with Crippen molar-refractivity contribution < 1.29 is 25.1 Å². The van der Waals surface area contributed by atoms with Crippen molar-refractivity contribution in [3.05, 3.63) is 48.6 Å². The summed E-state index contributed by atoms with van der Waals surface area (Å²) in [5.74, 6) is -1.69. The first-order valence-electron chi connectivity index (χ1n) is 7.60. The Bertz CT molecular complexity index is 723. The van der Waals surface area contributed by atoms with Crippen LogP contribution in [0.4, 0.5) is 5.82 Å². The number of carboxylic acid groups (broad SMARTS) is 2. The van der Waals surface area contributed by atoms with Gasteiger partial charge < -0.3 is 25.2 Å². The van der Waals surface area contributed by atoms with Crippen molar-refractivity contribution in [2.75, 3.05) is 31.1 Å². The molecule has 3 N–H and O–H groups in total. The van der Waals surface area contributed by atoms with Crippen LogP contribution in [0.1, 0.15) is 0 Å². The zero-order valence-electron chi connectivity index (χ0n) is 13.1. The molecule has 0 spiro atoms. The Balaban J connectivity index is 0.000000224. The molecule has 24 heavy (non-hydrogen) atoms. The molecule has 0 bridgehead atoms. The van der Waals surface area contributed by atoms with Crippen LogP contribution in [0.15, 0.2) is 48.6 Å². The summed E-state index contributed by atoms with van der Waals surface area (Å²) in [6.07, 6.45) is 0.942. The number of para-hydroxylation sites is 1. The topological polar surface area (TPSA) is 110 Å². The van der Waals surface area contributed by atoms with Crippen LogP contribution in [0, 0.1) is 0 Å². The van der Waals surface area contributed by atoms with E-state index in [4.69, 9.17) is 10.1 Å². The van der Waals surface area contributed by atoms with Gasteiger partial charge in [0.1, 0.15) is 5.82 Å². The van der Waals surface area contributed by atoms with E-state index in [9.17, 15) is 14.7 Å². The lowest BCUT2D eigenvalue weighted by Crippen LogP contribution is -2.89. The number of benzene rings is 1. The Labute approximate surface area is 139 Å². The standard InChI is InChI=1S/C13H15N3.C4H4O4/c1-2-4-12-11(3-1)5-6-13(15-12)16-9-7-14-8-10-16;5-3(6)1-2-4(7)8/h1-6,14H,7-10H2;1-2H,(H,5,6)(H,7,8). The summed E-state index contributed by atoms with van der Waals surface area (Å²) >= 11 is 0. The molecule has 1 aliphatic heterocycles. The SMILES string of the molecule is O=C([O-])C=CC(=O)O.c1ccc2nc(N3CC[NH2+]CC3)ccc2c1. The smallest absolute Gasteiger partial charge is 0.328 e. The molecule has 1 aromatic carbocycles. The normalized spacial score (nSPS) is 14.2. The molecule has 1 fully saturated rings. The molecule has 0 aliphatic carbocycles. The van der Waals surface area contributed by atoms with E-state index in [2.05, 4.69) is 40.5 Å². The van der Waals surface area contributed by atoms with Crippen molar-refractivity contribution in [2.45, 2.75) is 0 Å². The average Bonchev–Trinajstić information content (AvgIpc) is 2.61. The predicted molar refractivity (Wildman–Crippen MR) is 87.4 cm³/mol. The average molecular weight is 329 g/mol. The molecule has 0 atom stereocenters. The highest BCUT2D eigenvalue weighted by Crippen LogP contribution is 2.17. The van der Waals surface area contributed by atoms with Crippen LogP contribution in [0.2, 0.25) is 0 Å². The van der Waals surface area contributed by atoms with Crippen LogP contribution in [0.5, 0.6) is 0 Å². The number of piperazine rings is 1. The minimum absolute atomic E-state index is 0.447. The number of hydrogen-bond acceptors (Lipinski definition) is 5. The minimum Gasteiger partial charge on any atom is -0.545 e. The van der Waals surface area contributed by atoms with E-state index < -0.39 is 11.9 Å². The fraction of sp³-hybridized carbons (Fsp3) is 0.235. The molecule has 0 unspecified atom stereocenters. The van der Waals surface area contributed by atoms with Crippen LogP contribution >= 0.6 is 0 Å². The number of aliphatic carboxylic acids is 2. The maximum atomic E-state index is 9.53. The van der Waals surface area contributed by atoms with Crippen molar-refractivity contribution in [1.82, 2.24) is 4.98 Å². The molecule has 2 aromatic rings. The Morgan fingerprint density at radius 2 is 1.83 bits per heavy atom. The number of hydrogen-bond donors (Lipinski definition) is 2. The summed E-state index contributed by atoms with van der Waals surface area (Å²) in [6.45, 7) is 4.56. The number of carbonyl (C=O) groups excluding carboxylic acids is 1. The number of fused-ring (bicyclic) bond motifs is 1. The van der Waals surface area contributed by atoms with Gasteiger partial charge in [0.15, 0.2) is 0 Å². The summed E-state index contributed by atoms with van der Waals surface area (Å²) in [5, 5.41) is 20.8. The van der Waals surface area contributed by atoms with Crippen LogP contribution in [0.25, 0.3) is 10.9 Å². The van der Waals surface area contributed by atoms with E-state index in [-0.39, 0.29) is 0 Å². The van der Waals surface area contributed by atoms with Gasteiger partial charge in [0.2, 0.25) is 0 Å². The third kappa shape index (κ3) is 5.36. The lowest BCUT2D eigenvalue weighted by atomic mass is 10.2. The summed E-state index contributed by atoms with van der Waals surface area (Å²) in [6, 6.07) is 12.6. The molecular weight excluding hydrogens is 310 g/mol. The quantitative estimate of drug-likeness (QED) is 0.699. The number of quaternary nitrogens is 1. The largest absolute Gasteiger partial charge is 0.545 e. The number of nitrogens with two attached hydrogens (primary N) is 1. The maximum absolute atomic E-state index is 9.53. The first kappa shape index (κ1) is 17.4. The third-order valence-corrected chi connectivity index (χ3v) is 3.48. The number of carbonyl (C=O) groups is 2. The fourth-order valence-electron chi connectivity index (χ4n) is 2.35. The number of rotatable bonds is 3. The van der Waals surface area contributed by atoms with Gasteiger partial charge in [-0.15, -0.1) is 0 Å². The van der Waals surface area contributed by atoms with Crippen LogP contribution < -0.4 is 15.3 Å². The van der Waals surface area contributed by atoms with E-state index in [1.807, 2.05) is 6.07 Å². The second kappa shape index (κ2) is 8.64. The molecule has 2 heterocycles. The van der Waals surface area contributed by atoms with Gasteiger partial charge >= 0.3 is 5.97 Å². The predicted octanol–water partition coefficient (Wildman–Crippen LogP) is -1.00. The molecule has 1 aliphatic rings. The molecule has 1 saturated heterocycles. The summed E-state index contributed by atoms with van der Waals surface area (Å²) < 4.78 is 0. The van der Waals surface area contributed by atoms with Crippen molar-refractivity contribution in [1.29, 1.82) is 0 Å². The van der Waals surface area contributed by atoms with Gasteiger partial charge in [-0.3, -0.25) is 0 Å². The lowest BCUT2D eigenvalue weighted by Gasteiger charge is -2.26. The van der Waals surface area contributed by atoms with Gasteiger partial charge in [0, 0.05) is 11.5 Å². The summed E-state index contributed by atoms with van der Waals surface area (Å²) in [5.41, 5.74) is 1.09. The zero-order chi connectivity index (χ0) is 17.4. The first-order valence-corrected chi connectivity index (χ1v) is 7.60. The van der Waals surface area contributed by atoms with E-state index in [0.717, 1.165) is 24.4 Å². The molecule has 126 valence electrons. The first-order chi connectivity index (χ1) is 11.6. The van der Waals surface area contributed by atoms with E-state index in [0.29, 0.717) is 12.2 Å². The number of anilines is 1. The Morgan fingerprint density at radius 1 is 1.12 bits per heavy atom. The molecule has 3 rings (SSSR count). The molecule has 1 aromatic heterocycles. The second-order valence-corrected chi connectivity index (χ2v) is 5.21. The van der Waals surface area contributed by atoms with Gasteiger partial charge in [-0.1, -0.05) is 18.2 Å².